The molecule has 0 amide bonds. The molecule has 0 aliphatic rings. The molecule has 7 heteroatoms. The van der Waals surface area contributed by atoms with Gasteiger partial charge in [-0.2, -0.15) is 0 Å². The summed E-state index contributed by atoms with van der Waals surface area (Å²) in [5, 5.41) is 6.80. The van der Waals surface area contributed by atoms with Crippen molar-refractivity contribution in [2.45, 2.75) is 52.5 Å². The van der Waals surface area contributed by atoms with Gasteiger partial charge >= 0.3 is 0 Å². The number of nitrogens with one attached hydrogen (secondary N) is 2. The van der Waals surface area contributed by atoms with Crippen LogP contribution in [0.1, 0.15) is 46.5 Å². The topological polar surface area (TPSA) is 48.9 Å². The van der Waals surface area contributed by atoms with Gasteiger partial charge in [0.25, 0.3) is 0 Å². The van der Waals surface area contributed by atoms with Crippen LogP contribution in [0, 0.1) is 5.82 Å². The monoisotopic (exact) mass is 508 g/mol. The molecule has 1 atom stereocenters. The van der Waals surface area contributed by atoms with Crippen molar-refractivity contribution in [2.75, 3.05) is 39.8 Å². The molecule has 0 fully saturated rings. The molecule has 2 N–H and O–H groups in total. The lowest BCUT2D eigenvalue weighted by Gasteiger charge is -2.21. The second kappa shape index (κ2) is 16.8. The summed E-state index contributed by atoms with van der Waals surface area (Å²) in [5.74, 6) is 1.32. The van der Waals surface area contributed by atoms with E-state index in [0.717, 1.165) is 51.4 Å². The Bertz CT molecular complexity index is 524. The second-order valence-corrected chi connectivity index (χ2v) is 6.72. The number of guanidine groups is 1. The average Bonchev–Trinajstić information content (AvgIpc) is 2.68. The van der Waals surface area contributed by atoms with E-state index in [-0.39, 0.29) is 29.8 Å². The molecule has 0 heterocycles. The Balaban J connectivity index is 0.00000729. The van der Waals surface area contributed by atoms with Crippen molar-refractivity contribution >= 4 is 29.9 Å². The SMILES string of the molecule is CCN(CC)CCCC(C)NC(=NC)NCCCCOc1ccc(F)cc1.I. The Morgan fingerprint density at radius 3 is 2.43 bits per heavy atom. The molecule has 28 heavy (non-hydrogen) atoms. The van der Waals surface area contributed by atoms with Crippen LogP contribution in [0.3, 0.4) is 0 Å². The van der Waals surface area contributed by atoms with Gasteiger partial charge < -0.3 is 20.3 Å². The third-order valence-corrected chi connectivity index (χ3v) is 4.56. The highest BCUT2D eigenvalue weighted by Crippen LogP contribution is 2.11. The van der Waals surface area contributed by atoms with Crippen LogP contribution in [-0.4, -0.2) is 56.7 Å². The van der Waals surface area contributed by atoms with Gasteiger partial charge in [-0.3, -0.25) is 4.99 Å². The number of ether oxygens (including phenoxy) is 1. The minimum atomic E-state index is -0.243. The average molecular weight is 508 g/mol. The first-order chi connectivity index (χ1) is 13.1. The van der Waals surface area contributed by atoms with E-state index in [9.17, 15) is 4.39 Å². The molecule has 0 saturated carbocycles. The predicted octanol–water partition coefficient (Wildman–Crippen LogP) is 4.28. The van der Waals surface area contributed by atoms with E-state index in [1.165, 1.54) is 18.6 Å². The maximum Gasteiger partial charge on any atom is 0.191 e. The van der Waals surface area contributed by atoms with Crippen molar-refractivity contribution in [1.82, 2.24) is 15.5 Å². The van der Waals surface area contributed by atoms with Gasteiger partial charge in [-0.25, -0.2) is 4.39 Å². The molecule has 0 spiro atoms. The van der Waals surface area contributed by atoms with E-state index < -0.39 is 0 Å². The fourth-order valence-electron chi connectivity index (χ4n) is 2.82. The van der Waals surface area contributed by atoms with Crippen molar-refractivity contribution in [1.29, 1.82) is 0 Å². The molecular formula is C21H38FIN4O. The molecule has 0 aromatic heterocycles. The zero-order chi connectivity index (χ0) is 19.9. The fraction of sp³-hybridized carbons (Fsp3) is 0.667. The number of rotatable bonds is 13. The van der Waals surface area contributed by atoms with Gasteiger partial charge in [-0.05, 0) is 76.5 Å². The smallest absolute Gasteiger partial charge is 0.191 e. The van der Waals surface area contributed by atoms with E-state index in [4.69, 9.17) is 4.74 Å². The highest BCUT2D eigenvalue weighted by atomic mass is 127. The zero-order valence-electron chi connectivity index (χ0n) is 17.8. The van der Waals surface area contributed by atoms with Gasteiger partial charge in [0.05, 0.1) is 6.61 Å². The normalized spacial score (nSPS) is 12.4. The second-order valence-electron chi connectivity index (χ2n) is 6.72. The lowest BCUT2D eigenvalue weighted by atomic mass is 10.2. The zero-order valence-corrected chi connectivity index (χ0v) is 20.2. The van der Waals surface area contributed by atoms with Gasteiger partial charge in [0.2, 0.25) is 0 Å². The maximum atomic E-state index is 12.8. The molecule has 0 aliphatic heterocycles. The van der Waals surface area contributed by atoms with E-state index >= 15 is 0 Å². The first-order valence-corrected chi connectivity index (χ1v) is 10.2. The van der Waals surface area contributed by atoms with E-state index in [0.29, 0.717) is 18.4 Å². The van der Waals surface area contributed by atoms with Crippen LogP contribution in [0.4, 0.5) is 4.39 Å². The predicted molar refractivity (Wildman–Crippen MR) is 128 cm³/mol. The van der Waals surface area contributed by atoms with Crippen LogP contribution in [0.25, 0.3) is 0 Å². The Hall–Kier alpha value is -1.09. The molecule has 0 aliphatic carbocycles. The molecule has 1 aromatic rings. The van der Waals surface area contributed by atoms with Crippen molar-refractivity contribution < 1.29 is 9.13 Å². The van der Waals surface area contributed by atoms with Gasteiger partial charge in [0.1, 0.15) is 11.6 Å². The molecular weight excluding hydrogens is 470 g/mol. The summed E-state index contributed by atoms with van der Waals surface area (Å²) in [7, 11) is 1.80. The molecule has 5 nitrogen and oxygen atoms in total. The largest absolute Gasteiger partial charge is 0.494 e. The van der Waals surface area contributed by atoms with Crippen LogP contribution < -0.4 is 15.4 Å². The van der Waals surface area contributed by atoms with Gasteiger partial charge in [-0.1, -0.05) is 13.8 Å². The third kappa shape index (κ3) is 12.4. The van der Waals surface area contributed by atoms with Gasteiger partial charge in [0, 0.05) is 19.6 Å². The Labute approximate surface area is 187 Å². The summed E-state index contributed by atoms with van der Waals surface area (Å²) in [6.07, 6.45) is 4.23. The first kappa shape index (κ1) is 26.9. The summed E-state index contributed by atoms with van der Waals surface area (Å²) < 4.78 is 18.4. The van der Waals surface area contributed by atoms with E-state index in [1.54, 1.807) is 19.2 Å². The molecule has 162 valence electrons. The third-order valence-electron chi connectivity index (χ3n) is 4.56. The Morgan fingerprint density at radius 2 is 1.82 bits per heavy atom. The highest BCUT2D eigenvalue weighted by Gasteiger charge is 2.06. The van der Waals surface area contributed by atoms with Crippen LogP contribution in [0.5, 0.6) is 5.75 Å². The number of benzene rings is 1. The number of hydrogen-bond acceptors (Lipinski definition) is 3. The fourth-order valence-corrected chi connectivity index (χ4v) is 2.82. The van der Waals surface area contributed by atoms with Crippen LogP contribution in [-0.2, 0) is 0 Å². The molecule has 0 saturated heterocycles. The standard InChI is InChI=1S/C21H37FN4O.HI/c1-5-26(6-2)16-9-10-18(3)25-21(23-4)24-15-7-8-17-27-20-13-11-19(22)12-14-20;/h11-14,18H,5-10,15-17H2,1-4H3,(H2,23,24,25);1H. The summed E-state index contributed by atoms with van der Waals surface area (Å²) in [4.78, 5) is 6.75. The molecule has 1 unspecified atom stereocenters. The minimum Gasteiger partial charge on any atom is -0.494 e. The number of halogens is 2. The lowest BCUT2D eigenvalue weighted by molar-refractivity contribution is 0.292. The minimum absolute atomic E-state index is 0. The molecule has 1 aromatic carbocycles. The van der Waals surface area contributed by atoms with Crippen LogP contribution in [0.2, 0.25) is 0 Å². The van der Waals surface area contributed by atoms with Crippen LogP contribution >= 0.6 is 24.0 Å². The number of aliphatic imine (C=N–C) groups is 1. The summed E-state index contributed by atoms with van der Waals surface area (Å²) >= 11 is 0. The summed E-state index contributed by atoms with van der Waals surface area (Å²) in [6, 6.07) is 6.53. The number of unbranched alkanes of at least 4 members (excludes halogenated alkanes) is 1. The van der Waals surface area contributed by atoms with Crippen LogP contribution in [0.15, 0.2) is 29.3 Å². The van der Waals surface area contributed by atoms with E-state index in [1.807, 2.05) is 0 Å². The quantitative estimate of drug-likeness (QED) is 0.181. The maximum absolute atomic E-state index is 12.8. The molecule has 1 rings (SSSR count). The first-order valence-electron chi connectivity index (χ1n) is 10.2. The molecule has 0 radical (unpaired) electrons. The number of nitrogens with zero attached hydrogens (tertiary/aromatic N) is 2. The Morgan fingerprint density at radius 1 is 1.14 bits per heavy atom. The van der Waals surface area contributed by atoms with Crippen molar-refractivity contribution in [3.8, 4) is 5.75 Å². The van der Waals surface area contributed by atoms with Crippen molar-refractivity contribution in [2.24, 2.45) is 4.99 Å². The lowest BCUT2D eigenvalue weighted by Crippen LogP contribution is -2.42. The van der Waals surface area contributed by atoms with Gasteiger partial charge in [0.15, 0.2) is 5.96 Å². The summed E-state index contributed by atoms with van der Waals surface area (Å²) in [6.45, 7) is 11.5. The van der Waals surface area contributed by atoms with Crippen molar-refractivity contribution in [3.05, 3.63) is 30.1 Å². The van der Waals surface area contributed by atoms with Crippen molar-refractivity contribution in [3.63, 3.8) is 0 Å². The van der Waals surface area contributed by atoms with E-state index in [2.05, 4.69) is 41.3 Å². The Kier molecular flexibility index (Phi) is 16.2. The highest BCUT2D eigenvalue weighted by molar-refractivity contribution is 14.0. The molecule has 0 bridgehead atoms. The summed E-state index contributed by atoms with van der Waals surface area (Å²) in [5.41, 5.74) is 0. The van der Waals surface area contributed by atoms with Gasteiger partial charge in [-0.15, -0.1) is 24.0 Å². The number of hydrogen-bond donors (Lipinski definition) is 2.